The number of nitrogens with one attached hydrogen (secondary N) is 2. The number of benzene rings is 1. The summed E-state index contributed by atoms with van der Waals surface area (Å²) in [5.41, 5.74) is -0.975. The Morgan fingerprint density at radius 1 is 1.25 bits per heavy atom. The molecule has 0 spiro atoms. The summed E-state index contributed by atoms with van der Waals surface area (Å²) in [7, 11) is 2.66. The Morgan fingerprint density at radius 2 is 1.94 bits per heavy atom. The number of aromatic nitrogens is 3. The zero-order chi connectivity index (χ0) is 24.9. The number of carbonyl (C=O) groups is 2. The van der Waals surface area contributed by atoms with Crippen molar-refractivity contribution < 1.29 is 24.1 Å². The van der Waals surface area contributed by atoms with E-state index in [2.05, 4.69) is 36.6 Å². The summed E-state index contributed by atoms with van der Waals surface area (Å²) >= 11 is 9.33. The monoisotopic (exact) mass is 533 g/mol. The molecule has 32 heavy (non-hydrogen) atoms. The van der Waals surface area contributed by atoms with Crippen LogP contribution < -0.4 is 10.6 Å². The topological polar surface area (TPSA) is 88.9 Å². The number of hydrogen-bond acceptors (Lipinski definition) is 4. The molecular weight excluding hydrogens is 515 g/mol. The van der Waals surface area contributed by atoms with Crippen molar-refractivity contribution in [3.05, 3.63) is 68.5 Å². The van der Waals surface area contributed by atoms with Gasteiger partial charge in [-0.3, -0.25) is 9.59 Å². The van der Waals surface area contributed by atoms with E-state index < -0.39 is 29.4 Å². The molecular formula is C20H18BrClF3N5O2. The van der Waals surface area contributed by atoms with Crippen LogP contribution in [0.25, 0.3) is 5.82 Å². The largest absolute Gasteiger partial charge is 0.435 e. The summed E-state index contributed by atoms with van der Waals surface area (Å²) < 4.78 is 46.9. The average Bonchev–Trinajstić information content (AvgIpc) is 3.22. The zero-order valence-electron chi connectivity index (χ0n) is 18.0. The average molecular weight is 535 g/mol. The van der Waals surface area contributed by atoms with Gasteiger partial charge in [0, 0.05) is 25.2 Å². The van der Waals surface area contributed by atoms with E-state index >= 15 is 0 Å². The van der Waals surface area contributed by atoms with Gasteiger partial charge in [0.25, 0.3) is 11.8 Å². The molecule has 2 amide bonds. The molecule has 7 nitrogen and oxygen atoms in total. The predicted molar refractivity (Wildman–Crippen MR) is 118 cm³/mol. The van der Waals surface area contributed by atoms with Crippen LogP contribution in [0.15, 0.2) is 41.0 Å². The summed E-state index contributed by atoms with van der Waals surface area (Å²) in [6, 6.07) is 6.61. The number of pyridine rings is 1. The Bertz CT molecular complexity index is 1190. The van der Waals surface area contributed by atoms with Crippen LogP contribution in [-0.2, 0) is 6.18 Å². The Kier molecular flexibility index (Phi) is 7.19. The highest BCUT2D eigenvalue weighted by Gasteiger charge is 2.36. The first kappa shape index (κ1) is 23.7. The fourth-order valence-corrected chi connectivity index (χ4v) is 3.55. The number of carbonyl (C=O) groups excluding carboxylic acids is 2. The third-order valence-corrected chi connectivity index (χ3v) is 4.94. The number of rotatable bonds is 4. The van der Waals surface area contributed by atoms with E-state index in [0.717, 1.165) is 0 Å². The third kappa shape index (κ3) is 5.10. The first-order valence-electron chi connectivity index (χ1n) is 9.64. The van der Waals surface area contributed by atoms with Crippen LogP contribution in [0.4, 0.5) is 18.9 Å². The van der Waals surface area contributed by atoms with Crippen LogP contribution in [0.5, 0.6) is 0 Å². The molecule has 0 saturated carbocycles. The molecule has 3 aromatic rings. The highest BCUT2D eigenvalue weighted by molar-refractivity contribution is 9.10. The Morgan fingerprint density at radius 3 is 2.53 bits per heavy atom. The second kappa shape index (κ2) is 9.70. The van der Waals surface area contributed by atoms with E-state index in [0.29, 0.717) is 20.8 Å². The first-order valence-corrected chi connectivity index (χ1v) is 9.81. The van der Waals surface area contributed by atoms with Gasteiger partial charge in [0.2, 0.25) is 0 Å². The quantitative estimate of drug-likeness (QED) is 0.478. The van der Waals surface area contributed by atoms with Crippen molar-refractivity contribution in [2.75, 3.05) is 12.4 Å². The summed E-state index contributed by atoms with van der Waals surface area (Å²) in [6.07, 6.45) is -3.50. The van der Waals surface area contributed by atoms with E-state index in [1.165, 1.54) is 38.8 Å². The highest BCUT2D eigenvalue weighted by Crippen LogP contribution is 2.31. The summed E-state index contributed by atoms with van der Waals surface area (Å²) in [4.78, 5) is 29.2. The second-order valence-corrected chi connectivity index (χ2v) is 7.63. The number of halogens is 5. The lowest BCUT2D eigenvalue weighted by Gasteiger charge is -2.14. The molecule has 2 heterocycles. The number of aryl methyl sites for hydroxylation is 1. The van der Waals surface area contributed by atoms with Crippen LogP contribution in [0.1, 0.15) is 40.9 Å². The van der Waals surface area contributed by atoms with Crippen molar-refractivity contribution >= 4 is 45.0 Å². The molecule has 0 aliphatic rings. The van der Waals surface area contributed by atoms with Gasteiger partial charge in [-0.05, 0) is 36.8 Å². The fraction of sp³-hybridized carbons (Fsp3) is 0.200. The van der Waals surface area contributed by atoms with E-state index in [4.69, 9.17) is 13.0 Å². The molecule has 0 saturated heterocycles. The Hall–Kier alpha value is -2.92. The van der Waals surface area contributed by atoms with Crippen molar-refractivity contribution in [3.63, 3.8) is 0 Å². The van der Waals surface area contributed by atoms with Gasteiger partial charge in [-0.15, -0.1) is 0 Å². The van der Waals surface area contributed by atoms with Gasteiger partial charge in [-0.1, -0.05) is 34.9 Å². The normalized spacial score (nSPS) is 11.2. The Labute approximate surface area is 196 Å². The minimum absolute atomic E-state index is 0.000698. The molecule has 2 aromatic heterocycles. The number of anilines is 1. The van der Waals surface area contributed by atoms with Gasteiger partial charge in [-0.2, -0.15) is 18.3 Å². The maximum absolute atomic E-state index is 13.3. The van der Waals surface area contributed by atoms with Gasteiger partial charge in [-0.25, -0.2) is 9.67 Å². The van der Waals surface area contributed by atoms with Crippen molar-refractivity contribution in [2.24, 2.45) is 0 Å². The molecule has 0 atom stereocenters. The van der Waals surface area contributed by atoms with Gasteiger partial charge in [0.1, 0.15) is 5.69 Å². The van der Waals surface area contributed by atoms with Gasteiger partial charge in [0.05, 0.1) is 16.3 Å². The molecule has 2 N–H and O–H groups in total. The first-order chi connectivity index (χ1) is 15.5. The summed E-state index contributed by atoms with van der Waals surface area (Å²) in [5, 5.41) is 8.45. The second-order valence-electron chi connectivity index (χ2n) is 6.31. The molecule has 12 heteroatoms. The molecule has 170 valence electrons. The smallest absolute Gasteiger partial charge is 0.355 e. The summed E-state index contributed by atoms with van der Waals surface area (Å²) in [5.74, 6) is -1.57. The van der Waals surface area contributed by atoms with Crippen LogP contribution >= 0.6 is 27.5 Å². The number of alkyl halides is 3. The maximum Gasteiger partial charge on any atom is 0.435 e. The van der Waals surface area contributed by atoms with Crippen LogP contribution in [0, 0.1) is 6.92 Å². The lowest BCUT2D eigenvalue weighted by atomic mass is 10.1. The van der Waals surface area contributed by atoms with Crippen molar-refractivity contribution in [3.8, 4) is 5.82 Å². The van der Waals surface area contributed by atoms with Crippen LogP contribution in [0.3, 0.4) is 0 Å². The molecule has 1 aromatic carbocycles. The van der Waals surface area contributed by atoms with Gasteiger partial charge < -0.3 is 10.6 Å². The number of hydrogen-bond donors (Lipinski definition) is 2. The van der Waals surface area contributed by atoms with E-state index in [1.807, 2.05) is 0 Å². The number of amides is 2. The number of nitrogens with zero attached hydrogens (tertiary/aromatic N) is 3. The van der Waals surface area contributed by atoms with Crippen molar-refractivity contribution in [2.45, 2.75) is 20.5 Å². The maximum atomic E-state index is 13.3. The fourth-order valence-electron chi connectivity index (χ4n) is 2.78. The molecule has 0 fully saturated rings. The standard InChI is InChI=1S/C19H14BrClF3N5O2.CH4/c1-9-6-10(20)7-11(17(30)25-2)15(9)27-18(31)13-8-14(19(22,23)24)28-29(13)16-12(21)4-3-5-26-16;/h3-8H,1-2H3,(H,25,30)(H,27,31);1H4/i;1T. The van der Waals surface area contributed by atoms with Crippen molar-refractivity contribution in [1.82, 2.24) is 20.1 Å². The molecule has 0 aliphatic carbocycles. The molecule has 3 rings (SSSR count). The van der Waals surface area contributed by atoms with Crippen molar-refractivity contribution in [1.29, 1.82) is 0 Å². The minimum atomic E-state index is -4.80. The third-order valence-electron chi connectivity index (χ3n) is 4.18. The lowest BCUT2D eigenvalue weighted by molar-refractivity contribution is -0.141. The summed E-state index contributed by atoms with van der Waals surface area (Å²) in [6.45, 7) is 1.64. The lowest BCUT2D eigenvalue weighted by Crippen LogP contribution is -2.23. The van der Waals surface area contributed by atoms with Gasteiger partial charge in [0.15, 0.2) is 11.5 Å². The SMILES string of the molecule is CNC(=O)c1cc(Br)cc(C)c1NC(=O)c1cc(C(F)(F)F)nn1-c1ncccc1Cl.[3H]C. The minimum Gasteiger partial charge on any atom is -0.355 e. The van der Waals surface area contributed by atoms with Gasteiger partial charge >= 0.3 is 6.18 Å². The molecule has 0 unspecified atom stereocenters. The van der Waals surface area contributed by atoms with E-state index in [1.54, 1.807) is 13.0 Å². The highest BCUT2D eigenvalue weighted by atomic mass is 79.9. The molecule has 0 aliphatic heterocycles. The molecule has 0 bridgehead atoms. The van der Waals surface area contributed by atoms with Crippen LogP contribution in [-0.4, -0.2) is 33.6 Å². The van der Waals surface area contributed by atoms with E-state index in [-0.39, 0.29) is 22.1 Å². The molecule has 0 radical (unpaired) electrons. The van der Waals surface area contributed by atoms with Crippen LogP contribution in [0.2, 0.25) is 5.02 Å². The Balaban J connectivity index is 0.00000187. The zero-order valence-corrected chi connectivity index (χ0v) is 19.4. The van der Waals surface area contributed by atoms with E-state index in [9.17, 15) is 22.8 Å². The predicted octanol–water partition coefficient (Wildman–Crippen LogP) is 5.26.